The lowest BCUT2D eigenvalue weighted by Crippen LogP contribution is -2.22. The lowest BCUT2D eigenvalue weighted by molar-refractivity contribution is -0.116. The Morgan fingerprint density at radius 3 is 1.89 bits per heavy atom. The number of hydrogen-bond acceptors (Lipinski definition) is 4. The van der Waals surface area contributed by atoms with Crippen LogP contribution in [0.3, 0.4) is 0 Å². The first-order valence-corrected chi connectivity index (χ1v) is 13.2. The van der Waals surface area contributed by atoms with Gasteiger partial charge in [-0.2, -0.15) is 0 Å². The zero-order chi connectivity index (χ0) is 25.7. The molecule has 0 fully saturated rings. The lowest BCUT2D eigenvalue weighted by atomic mass is 9.90. The summed E-state index contributed by atoms with van der Waals surface area (Å²) in [5.74, 6) is -1.07. The van der Waals surface area contributed by atoms with Gasteiger partial charge in [-0.1, -0.05) is 66.7 Å². The van der Waals surface area contributed by atoms with E-state index < -0.39 is 21.7 Å². The fourth-order valence-corrected chi connectivity index (χ4v) is 4.61. The average molecular weight is 499 g/mol. The molecule has 2 N–H and O–H groups in total. The van der Waals surface area contributed by atoms with Gasteiger partial charge in [0.1, 0.15) is 0 Å². The zero-order valence-corrected chi connectivity index (χ0v) is 20.8. The van der Waals surface area contributed by atoms with Gasteiger partial charge < -0.3 is 10.6 Å². The molecule has 0 saturated heterocycles. The first kappa shape index (κ1) is 24.9. The molecule has 6 nitrogen and oxygen atoms in total. The number of carbonyl (C=O) groups excluding carboxylic acids is 2. The molecule has 4 aromatic rings. The maximum Gasteiger partial charge on any atom is 0.255 e. The van der Waals surface area contributed by atoms with Crippen molar-refractivity contribution in [1.82, 2.24) is 0 Å². The van der Waals surface area contributed by atoms with Gasteiger partial charge in [0, 0.05) is 23.2 Å². The predicted molar refractivity (Wildman–Crippen MR) is 142 cm³/mol. The van der Waals surface area contributed by atoms with Crippen LogP contribution in [-0.2, 0) is 14.6 Å². The van der Waals surface area contributed by atoms with Crippen LogP contribution in [-0.4, -0.2) is 26.5 Å². The van der Waals surface area contributed by atoms with E-state index in [4.69, 9.17) is 0 Å². The molecule has 182 valence electrons. The fourth-order valence-electron chi connectivity index (χ4n) is 3.94. The molecule has 36 heavy (non-hydrogen) atoms. The summed E-state index contributed by atoms with van der Waals surface area (Å²) >= 11 is 0. The molecule has 0 spiro atoms. The molecule has 4 aromatic carbocycles. The van der Waals surface area contributed by atoms with E-state index in [1.165, 1.54) is 18.2 Å². The van der Waals surface area contributed by atoms with Crippen LogP contribution >= 0.6 is 0 Å². The van der Waals surface area contributed by atoms with Gasteiger partial charge in [0.2, 0.25) is 5.91 Å². The van der Waals surface area contributed by atoms with Crippen molar-refractivity contribution in [3.63, 3.8) is 0 Å². The minimum Gasteiger partial charge on any atom is -0.325 e. The second-order valence-electron chi connectivity index (χ2n) is 8.53. The molecule has 7 heteroatoms. The number of benzene rings is 4. The Hall–Kier alpha value is -4.23. The van der Waals surface area contributed by atoms with E-state index in [1.54, 1.807) is 24.3 Å². The number of amides is 2. The first-order valence-electron chi connectivity index (χ1n) is 11.4. The number of hydrogen-bond donors (Lipinski definition) is 2. The normalized spacial score (nSPS) is 11.2. The Morgan fingerprint density at radius 1 is 0.722 bits per heavy atom. The van der Waals surface area contributed by atoms with Gasteiger partial charge in [0.05, 0.1) is 10.8 Å². The standard InChI is InChI=1S/C29H26N2O4S/c1-20-18-24(16-17-26(20)31-28(32)23-14-9-15-25(19-23)36(2,34)35)30-29(33)27(21-10-5-3-6-11-21)22-12-7-4-8-13-22/h3-19,27H,1-2H3,(H,30,33)(H,31,32). The second-order valence-corrected chi connectivity index (χ2v) is 10.5. The third-order valence-electron chi connectivity index (χ3n) is 5.79. The Labute approximate surface area is 210 Å². The third kappa shape index (κ3) is 5.87. The molecule has 0 aliphatic carbocycles. The summed E-state index contributed by atoms with van der Waals surface area (Å²) in [6, 6.07) is 30.3. The summed E-state index contributed by atoms with van der Waals surface area (Å²) < 4.78 is 23.6. The quantitative estimate of drug-likeness (QED) is 0.356. The minimum atomic E-state index is -3.42. The van der Waals surface area contributed by atoms with Crippen molar-refractivity contribution in [3.8, 4) is 0 Å². The van der Waals surface area contributed by atoms with Crippen LogP contribution in [0, 0.1) is 6.92 Å². The number of aryl methyl sites for hydroxylation is 1. The van der Waals surface area contributed by atoms with Crippen molar-refractivity contribution in [2.45, 2.75) is 17.7 Å². The largest absolute Gasteiger partial charge is 0.325 e. The van der Waals surface area contributed by atoms with Gasteiger partial charge in [0.25, 0.3) is 5.91 Å². The highest BCUT2D eigenvalue weighted by Crippen LogP contribution is 2.27. The molecule has 0 heterocycles. The van der Waals surface area contributed by atoms with Crippen LogP contribution < -0.4 is 10.6 Å². The Kier molecular flexibility index (Phi) is 7.31. The number of rotatable bonds is 7. The van der Waals surface area contributed by atoms with Crippen LogP contribution in [0.1, 0.15) is 33.0 Å². The smallest absolute Gasteiger partial charge is 0.255 e. The Balaban J connectivity index is 1.52. The van der Waals surface area contributed by atoms with Crippen molar-refractivity contribution in [3.05, 3.63) is 125 Å². The number of carbonyl (C=O) groups is 2. The van der Waals surface area contributed by atoms with Gasteiger partial charge in [-0.25, -0.2) is 8.42 Å². The summed E-state index contributed by atoms with van der Waals surface area (Å²) in [5, 5.41) is 5.81. The van der Waals surface area contributed by atoms with Gasteiger partial charge >= 0.3 is 0 Å². The molecule has 0 radical (unpaired) electrons. The molecule has 0 saturated carbocycles. The molecule has 0 aliphatic heterocycles. The Morgan fingerprint density at radius 2 is 1.33 bits per heavy atom. The van der Waals surface area contributed by atoms with Crippen LogP contribution in [0.15, 0.2) is 108 Å². The van der Waals surface area contributed by atoms with Crippen LogP contribution in [0.5, 0.6) is 0 Å². The number of anilines is 2. The molecule has 2 amide bonds. The van der Waals surface area contributed by atoms with E-state index in [9.17, 15) is 18.0 Å². The van der Waals surface area contributed by atoms with E-state index >= 15 is 0 Å². The van der Waals surface area contributed by atoms with Crippen molar-refractivity contribution in [2.75, 3.05) is 16.9 Å². The molecule has 0 bridgehead atoms. The van der Waals surface area contributed by atoms with E-state index in [0.29, 0.717) is 11.4 Å². The number of nitrogens with one attached hydrogen (secondary N) is 2. The van der Waals surface area contributed by atoms with Crippen molar-refractivity contribution < 1.29 is 18.0 Å². The van der Waals surface area contributed by atoms with Gasteiger partial charge in [-0.05, 0) is 60.0 Å². The van der Waals surface area contributed by atoms with Gasteiger partial charge in [-0.15, -0.1) is 0 Å². The Bertz CT molecular complexity index is 1460. The highest BCUT2D eigenvalue weighted by atomic mass is 32.2. The first-order chi connectivity index (χ1) is 17.2. The van der Waals surface area contributed by atoms with Crippen LogP contribution in [0.25, 0.3) is 0 Å². The maximum atomic E-state index is 13.4. The van der Waals surface area contributed by atoms with Gasteiger partial charge in [-0.3, -0.25) is 9.59 Å². The summed E-state index contributed by atoms with van der Waals surface area (Å²) in [5.41, 5.74) is 3.92. The summed E-state index contributed by atoms with van der Waals surface area (Å²) in [6.45, 7) is 1.82. The molecule has 0 unspecified atom stereocenters. The summed E-state index contributed by atoms with van der Waals surface area (Å²) in [7, 11) is -3.42. The van der Waals surface area contributed by atoms with Crippen molar-refractivity contribution in [2.24, 2.45) is 0 Å². The average Bonchev–Trinajstić information content (AvgIpc) is 2.87. The fraction of sp³-hybridized carbons (Fsp3) is 0.103. The molecule has 0 aromatic heterocycles. The molecule has 0 atom stereocenters. The summed E-state index contributed by atoms with van der Waals surface area (Å²) in [6.07, 6.45) is 1.10. The third-order valence-corrected chi connectivity index (χ3v) is 6.90. The SMILES string of the molecule is Cc1cc(NC(=O)C(c2ccccc2)c2ccccc2)ccc1NC(=O)c1cccc(S(C)(=O)=O)c1. The minimum absolute atomic E-state index is 0.0799. The van der Waals surface area contributed by atoms with E-state index in [0.717, 1.165) is 22.9 Å². The second kappa shape index (κ2) is 10.6. The molecule has 4 rings (SSSR count). The zero-order valence-electron chi connectivity index (χ0n) is 19.9. The molecular formula is C29H26N2O4S. The van der Waals surface area contributed by atoms with E-state index in [1.807, 2.05) is 67.6 Å². The van der Waals surface area contributed by atoms with Gasteiger partial charge in [0.15, 0.2) is 9.84 Å². The topological polar surface area (TPSA) is 92.3 Å². The highest BCUT2D eigenvalue weighted by Gasteiger charge is 2.23. The van der Waals surface area contributed by atoms with E-state index in [2.05, 4.69) is 10.6 Å². The van der Waals surface area contributed by atoms with Crippen LogP contribution in [0.2, 0.25) is 0 Å². The highest BCUT2D eigenvalue weighted by molar-refractivity contribution is 7.90. The maximum absolute atomic E-state index is 13.4. The van der Waals surface area contributed by atoms with E-state index in [-0.39, 0.29) is 16.4 Å². The summed E-state index contributed by atoms with van der Waals surface area (Å²) in [4.78, 5) is 26.2. The lowest BCUT2D eigenvalue weighted by Gasteiger charge is -2.18. The molecular weight excluding hydrogens is 472 g/mol. The predicted octanol–water partition coefficient (Wildman–Crippen LogP) is 5.42. The number of sulfone groups is 1. The van der Waals surface area contributed by atoms with Crippen LogP contribution in [0.4, 0.5) is 11.4 Å². The van der Waals surface area contributed by atoms with Crippen molar-refractivity contribution >= 4 is 33.0 Å². The monoisotopic (exact) mass is 498 g/mol. The molecule has 0 aliphatic rings. The van der Waals surface area contributed by atoms with Crippen molar-refractivity contribution in [1.29, 1.82) is 0 Å².